The van der Waals surface area contributed by atoms with Gasteiger partial charge in [-0.1, -0.05) is 73.3 Å². The van der Waals surface area contributed by atoms with E-state index in [0.29, 0.717) is 5.57 Å². The lowest BCUT2D eigenvalue weighted by atomic mass is 9.91. The second-order valence-corrected chi connectivity index (χ2v) is 3.71. The molecule has 1 nitrogen and oxygen atoms in total. The fourth-order valence-electron chi connectivity index (χ4n) is 1.31. The van der Waals surface area contributed by atoms with Crippen LogP contribution in [0.5, 0.6) is 0 Å². The molecule has 0 spiro atoms. The topological polar surface area (TPSA) is 17.1 Å². The van der Waals surface area contributed by atoms with E-state index < -0.39 is 0 Å². The van der Waals surface area contributed by atoms with Crippen LogP contribution in [-0.4, -0.2) is 6.29 Å². The Morgan fingerprint density at radius 1 is 1.06 bits per heavy atom. The maximum atomic E-state index is 9.41. The molecule has 1 rings (SSSR count). The average molecular weight is 228 g/mol. The molecule has 1 aliphatic carbocycles. The van der Waals surface area contributed by atoms with Crippen LogP contribution in [0.1, 0.15) is 73.6 Å². The highest BCUT2D eigenvalue weighted by molar-refractivity contribution is 5.70. The van der Waals surface area contributed by atoms with Crippen molar-refractivity contribution in [2.24, 2.45) is 5.92 Å². The Hall–Kier alpha value is -0.590. The number of carbonyl (C=O) groups is 1. The fraction of sp³-hybridized carbons (Fsp3) is 0.800. The first kappa shape index (κ1) is 20.8. The highest BCUT2D eigenvalue weighted by Crippen LogP contribution is 2.22. The zero-order valence-corrected chi connectivity index (χ0v) is 12.3. The lowest BCUT2D eigenvalue weighted by Crippen LogP contribution is -1.99. The summed E-state index contributed by atoms with van der Waals surface area (Å²) < 4.78 is 0. The van der Waals surface area contributed by atoms with E-state index in [0.717, 1.165) is 12.2 Å². The number of aldehydes is 1. The largest absolute Gasteiger partial charge is 0.298 e. The molecular weight excluding hydrogens is 196 g/mol. The van der Waals surface area contributed by atoms with Gasteiger partial charge in [0.15, 0.2) is 0 Å². The van der Waals surface area contributed by atoms with Crippen LogP contribution in [0.4, 0.5) is 0 Å². The molecule has 0 N–H and O–H groups in total. The van der Waals surface area contributed by atoms with Gasteiger partial charge in [0, 0.05) is 0 Å². The maximum absolute atomic E-state index is 9.41. The second kappa shape index (κ2) is 19.9. The summed E-state index contributed by atoms with van der Waals surface area (Å²) in [4.78, 5) is 9.41. The van der Waals surface area contributed by atoms with E-state index in [1.54, 1.807) is 6.92 Å². The van der Waals surface area contributed by atoms with Crippen molar-refractivity contribution in [2.75, 3.05) is 0 Å². The van der Waals surface area contributed by atoms with Crippen molar-refractivity contribution in [2.45, 2.75) is 73.6 Å². The van der Waals surface area contributed by atoms with Gasteiger partial charge in [-0.05, 0) is 18.4 Å². The van der Waals surface area contributed by atoms with Gasteiger partial charge in [-0.15, -0.1) is 0 Å². The van der Waals surface area contributed by atoms with Gasteiger partial charge in [-0.3, -0.25) is 4.79 Å². The van der Waals surface area contributed by atoms with E-state index in [4.69, 9.17) is 0 Å². The lowest BCUT2D eigenvalue weighted by molar-refractivity contribution is -0.104. The molecule has 16 heavy (non-hydrogen) atoms. The molecule has 1 fully saturated rings. The van der Waals surface area contributed by atoms with Gasteiger partial charge in [-0.25, -0.2) is 0 Å². The number of carbonyl (C=O) groups excluding carboxylic acids is 1. The van der Waals surface area contributed by atoms with Crippen molar-refractivity contribution in [1.82, 2.24) is 0 Å². The van der Waals surface area contributed by atoms with Crippen LogP contribution in [0.3, 0.4) is 0 Å². The van der Waals surface area contributed by atoms with Gasteiger partial charge in [0.25, 0.3) is 0 Å². The second-order valence-electron chi connectivity index (χ2n) is 3.71. The van der Waals surface area contributed by atoms with Crippen molar-refractivity contribution < 1.29 is 4.79 Å². The molecule has 0 aromatic rings. The van der Waals surface area contributed by atoms with Crippen molar-refractivity contribution in [3.05, 3.63) is 12.2 Å². The molecule has 1 aliphatic rings. The Bertz CT molecular complexity index is 132. The van der Waals surface area contributed by atoms with Crippen molar-refractivity contribution >= 4 is 6.29 Å². The highest BCUT2D eigenvalue weighted by Gasteiger charge is 2.05. The number of hydrogen-bond acceptors (Lipinski definition) is 1. The predicted molar refractivity (Wildman–Crippen MR) is 75.8 cm³/mol. The van der Waals surface area contributed by atoms with Gasteiger partial charge >= 0.3 is 0 Å². The molecule has 0 aliphatic heterocycles. The van der Waals surface area contributed by atoms with Crippen molar-refractivity contribution in [1.29, 1.82) is 0 Å². The Kier molecular flexibility index (Phi) is 25.8. The molecule has 0 aromatic carbocycles. The van der Waals surface area contributed by atoms with Gasteiger partial charge in [-0.2, -0.15) is 0 Å². The summed E-state index contributed by atoms with van der Waals surface area (Å²) in [5.74, 6) is 1.04. The van der Waals surface area contributed by atoms with Crippen LogP contribution < -0.4 is 0 Å². The first-order chi connectivity index (χ1) is 7.66. The molecule has 0 unspecified atom stereocenters. The maximum Gasteiger partial charge on any atom is 0.145 e. The predicted octanol–water partition coefficient (Wildman–Crippen LogP) is 5.40. The number of rotatable bonds is 1. The van der Waals surface area contributed by atoms with E-state index in [1.165, 1.54) is 32.1 Å². The number of hydrogen-bond donors (Lipinski definition) is 0. The van der Waals surface area contributed by atoms with E-state index in [1.807, 2.05) is 27.7 Å². The molecule has 0 bridgehead atoms. The molecule has 98 valence electrons. The third-order valence-corrected chi connectivity index (χ3v) is 2.10. The summed E-state index contributed by atoms with van der Waals surface area (Å²) >= 11 is 0. The molecule has 0 aromatic heterocycles. The quantitative estimate of drug-likeness (QED) is 0.434. The highest BCUT2D eigenvalue weighted by atomic mass is 16.1. The number of allylic oxidation sites excluding steroid dienone is 1. The third-order valence-electron chi connectivity index (χ3n) is 2.10. The Balaban J connectivity index is -0.000000167. The summed E-state index contributed by atoms with van der Waals surface area (Å²) in [7, 11) is 0. The minimum atomic E-state index is 0.574. The van der Waals surface area contributed by atoms with Gasteiger partial charge in [0.2, 0.25) is 0 Å². The lowest BCUT2D eigenvalue weighted by Gasteiger charge is -2.15. The molecule has 0 radical (unpaired) electrons. The molecule has 0 heterocycles. The van der Waals surface area contributed by atoms with E-state index in [-0.39, 0.29) is 0 Å². The first-order valence-corrected chi connectivity index (χ1v) is 6.77. The Morgan fingerprint density at radius 3 is 1.50 bits per heavy atom. The fourth-order valence-corrected chi connectivity index (χ4v) is 1.31. The summed E-state index contributed by atoms with van der Waals surface area (Å²) in [5.41, 5.74) is 0.574. The van der Waals surface area contributed by atoms with Crippen LogP contribution in [0.15, 0.2) is 12.2 Å². The zero-order valence-electron chi connectivity index (χ0n) is 12.3. The van der Waals surface area contributed by atoms with Crippen LogP contribution >= 0.6 is 0 Å². The third kappa shape index (κ3) is 23.3. The Morgan fingerprint density at radius 2 is 1.38 bits per heavy atom. The van der Waals surface area contributed by atoms with Gasteiger partial charge in [0.05, 0.1) is 0 Å². The Labute approximate surface area is 103 Å². The molecule has 0 saturated heterocycles. The summed E-state index contributed by atoms with van der Waals surface area (Å²) in [5, 5.41) is 0. The monoisotopic (exact) mass is 228 g/mol. The molecule has 0 atom stereocenters. The minimum absolute atomic E-state index is 0.574. The molecule has 1 heteroatoms. The zero-order chi connectivity index (χ0) is 13.4. The van der Waals surface area contributed by atoms with E-state index in [2.05, 4.69) is 13.5 Å². The summed E-state index contributed by atoms with van der Waals surface area (Å²) in [6.07, 6.45) is 8.16. The SMILES string of the molecule is C=C(C)C=O.CC.CC.CC1CCCCC1. The molecule has 0 amide bonds. The molecule has 1 saturated carbocycles. The minimum Gasteiger partial charge on any atom is -0.298 e. The van der Waals surface area contributed by atoms with Crippen LogP contribution in [-0.2, 0) is 4.79 Å². The summed E-state index contributed by atoms with van der Waals surface area (Å²) in [6, 6.07) is 0. The summed E-state index contributed by atoms with van der Waals surface area (Å²) in [6.45, 7) is 15.3. The normalized spacial score (nSPS) is 13.9. The first-order valence-electron chi connectivity index (χ1n) is 6.77. The molecular formula is C15H32O. The smallest absolute Gasteiger partial charge is 0.145 e. The van der Waals surface area contributed by atoms with Gasteiger partial charge in [0.1, 0.15) is 6.29 Å². The van der Waals surface area contributed by atoms with Crippen LogP contribution in [0.25, 0.3) is 0 Å². The van der Waals surface area contributed by atoms with Gasteiger partial charge < -0.3 is 0 Å². The standard InChI is InChI=1S/C7H14.C4H6O.2C2H6/c1-7-5-3-2-4-6-7;1-4(2)3-5;2*1-2/h7H,2-6H2,1H3;3H,1H2,2H3;2*1-2H3. The van der Waals surface area contributed by atoms with E-state index in [9.17, 15) is 4.79 Å². The van der Waals surface area contributed by atoms with Crippen LogP contribution in [0, 0.1) is 5.92 Å². The van der Waals surface area contributed by atoms with Crippen molar-refractivity contribution in [3.63, 3.8) is 0 Å². The average Bonchev–Trinajstić information content (AvgIpc) is 2.36. The van der Waals surface area contributed by atoms with Crippen molar-refractivity contribution in [3.8, 4) is 0 Å². The van der Waals surface area contributed by atoms with E-state index >= 15 is 0 Å². The van der Waals surface area contributed by atoms with Crippen LogP contribution in [0.2, 0.25) is 0 Å².